The van der Waals surface area contributed by atoms with E-state index in [0.717, 1.165) is 18.6 Å². The van der Waals surface area contributed by atoms with Gasteiger partial charge in [-0.25, -0.2) is 0 Å². The molecule has 0 saturated heterocycles. The minimum Gasteiger partial charge on any atom is -0.497 e. The van der Waals surface area contributed by atoms with E-state index in [-0.39, 0.29) is 0 Å². The average Bonchev–Trinajstić information content (AvgIpc) is 2.09. The van der Waals surface area contributed by atoms with E-state index in [9.17, 15) is 0 Å². The van der Waals surface area contributed by atoms with Gasteiger partial charge in [0.25, 0.3) is 0 Å². The topological polar surface area (TPSA) is 9.23 Å². The lowest BCUT2D eigenvalue weighted by Gasteiger charge is -2.16. The highest BCUT2D eigenvalue weighted by atomic mass is 79.9. The molecule has 0 heterocycles. The molecule has 0 fully saturated rings. The molecule has 1 rings (SSSR count). The molecule has 1 aliphatic rings. The van der Waals surface area contributed by atoms with Crippen LogP contribution >= 0.6 is 27.5 Å². The van der Waals surface area contributed by atoms with Crippen LogP contribution in [0.2, 0.25) is 0 Å². The zero-order valence-corrected chi connectivity index (χ0v) is 9.14. The van der Waals surface area contributed by atoms with Crippen molar-refractivity contribution in [3.8, 4) is 0 Å². The number of ether oxygens (including phenoxy) is 1. The van der Waals surface area contributed by atoms with E-state index in [0.29, 0.717) is 17.3 Å². The minimum atomic E-state index is 0.345. The molecule has 0 saturated carbocycles. The predicted octanol–water partition coefficient (Wildman–Crippen LogP) is 3.24. The Morgan fingerprint density at radius 1 is 1.67 bits per heavy atom. The van der Waals surface area contributed by atoms with E-state index in [1.807, 2.05) is 12.2 Å². The smallest absolute Gasteiger partial charge is 0.110 e. The molecule has 0 amide bonds. The molecule has 0 radical (unpaired) electrons. The predicted molar refractivity (Wildman–Crippen MR) is 55.8 cm³/mol. The van der Waals surface area contributed by atoms with Crippen LogP contribution in [-0.4, -0.2) is 17.3 Å². The maximum absolute atomic E-state index is 5.53. The normalized spacial score (nSPS) is 22.2. The largest absolute Gasteiger partial charge is 0.497 e. The summed E-state index contributed by atoms with van der Waals surface area (Å²) < 4.78 is 5.51. The molecule has 0 aliphatic heterocycles. The molecule has 1 unspecified atom stereocenters. The molecule has 0 aromatic rings. The van der Waals surface area contributed by atoms with Gasteiger partial charge in [-0.1, -0.05) is 28.1 Å². The fourth-order valence-electron chi connectivity index (χ4n) is 0.965. The summed E-state index contributed by atoms with van der Waals surface area (Å²) in [6, 6.07) is 0. The van der Waals surface area contributed by atoms with Crippen LogP contribution in [0, 0.1) is 0 Å². The van der Waals surface area contributed by atoms with Gasteiger partial charge in [0.15, 0.2) is 0 Å². The molecule has 0 spiro atoms. The fraction of sp³-hybridized carbons (Fsp3) is 0.556. The lowest BCUT2D eigenvalue weighted by atomic mass is 10.2. The van der Waals surface area contributed by atoms with Crippen molar-refractivity contribution >= 4 is 27.5 Å². The summed E-state index contributed by atoms with van der Waals surface area (Å²) >= 11 is 9.06. The van der Waals surface area contributed by atoms with Crippen LogP contribution in [0.5, 0.6) is 0 Å². The third-order valence-electron chi connectivity index (χ3n) is 1.60. The monoisotopic (exact) mass is 250 g/mol. The zero-order valence-electron chi connectivity index (χ0n) is 6.80. The van der Waals surface area contributed by atoms with E-state index in [1.165, 1.54) is 0 Å². The fourth-order valence-corrected chi connectivity index (χ4v) is 1.57. The Morgan fingerprint density at radius 2 is 2.50 bits per heavy atom. The first-order chi connectivity index (χ1) is 5.84. The number of allylic oxidation sites excluding steroid dienone is 4. The molecular weight excluding hydrogens is 239 g/mol. The molecule has 1 atom stereocenters. The summed E-state index contributed by atoms with van der Waals surface area (Å²) in [5.74, 6) is 1.68. The summed E-state index contributed by atoms with van der Waals surface area (Å²) in [6.07, 6.45) is 8.05. The first-order valence-corrected chi connectivity index (χ1v) is 5.49. The maximum Gasteiger partial charge on any atom is 0.110 e. The van der Waals surface area contributed by atoms with Gasteiger partial charge in [-0.3, -0.25) is 0 Å². The Labute approximate surface area is 86.6 Å². The van der Waals surface area contributed by atoms with Crippen molar-refractivity contribution in [2.24, 2.45) is 0 Å². The van der Waals surface area contributed by atoms with Crippen LogP contribution in [0.3, 0.4) is 0 Å². The first kappa shape index (κ1) is 10.1. The summed E-state index contributed by atoms with van der Waals surface area (Å²) in [4.78, 5) is 0.345. The highest BCUT2D eigenvalue weighted by molar-refractivity contribution is 9.09. The van der Waals surface area contributed by atoms with E-state index >= 15 is 0 Å². The number of alkyl halides is 2. The van der Waals surface area contributed by atoms with Crippen LogP contribution in [-0.2, 0) is 4.74 Å². The second-order valence-electron chi connectivity index (χ2n) is 2.59. The summed E-state index contributed by atoms with van der Waals surface area (Å²) in [6.45, 7) is 0.714. The third kappa shape index (κ3) is 3.20. The number of halogens is 2. The van der Waals surface area contributed by atoms with Crippen molar-refractivity contribution in [3.63, 3.8) is 0 Å². The first-order valence-electron chi connectivity index (χ1n) is 4.04. The molecule has 1 nitrogen and oxygen atoms in total. The Morgan fingerprint density at radius 3 is 3.17 bits per heavy atom. The van der Waals surface area contributed by atoms with Crippen LogP contribution < -0.4 is 0 Å². The van der Waals surface area contributed by atoms with Crippen LogP contribution in [0.1, 0.15) is 12.8 Å². The summed E-state index contributed by atoms with van der Waals surface area (Å²) in [7, 11) is 0. The molecule has 12 heavy (non-hydrogen) atoms. The van der Waals surface area contributed by atoms with E-state index < -0.39 is 0 Å². The number of hydrogen-bond donors (Lipinski definition) is 0. The van der Waals surface area contributed by atoms with Gasteiger partial charge >= 0.3 is 0 Å². The molecule has 1 aliphatic carbocycles. The molecule has 0 aromatic carbocycles. The van der Waals surface area contributed by atoms with Crippen molar-refractivity contribution in [1.82, 2.24) is 0 Å². The third-order valence-corrected chi connectivity index (χ3v) is 2.69. The van der Waals surface area contributed by atoms with Crippen molar-refractivity contribution < 1.29 is 4.74 Å². The Balaban J connectivity index is 2.29. The van der Waals surface area contributed by atoms with Gasteiger partial charge in [0.05, 0.1) is 11.4 Å². The van der Waals surface area contributed by atoms with E-state index in [2.05, 4.69) is 22.0 Å². The van der Waals surface area contributed by atoms with Crippen molar-refractivity contribution in [1.29, 1.82) is 0 Å². The van der Waals surface area contributed by atoms with Gasteiger partial charge in [0, 0.05) is 5.88 Å². The zero-order chi connectivity index (χ0) is 8.81. The Bertz CT molecular complexity index is 189. The lowest BCUT2D eigenvalue weighted by molar-refractivity contribution is 0.206. The van der Waals surface area contributed by atoms with Gasteiger partial charge in [-0.2, -0.15) is 0 Å². The second kappa shape index (κ2) is 5.65. The molecule has 0 N–H and O–H groups in total. The van der Waals surface area contributed by atoms with Crippen molar-refractivity contribution in [2.75, 3.05) is 12.5 Å². The molecule has 68 valence electrons. The lowest BCUT2D eigenvalue weighted by Crippen LogP contribution is -2.08. The van der Waals surface area contributed by atoms with Gasteiger partial charge < -0.3 is 4.74 Å². The minimum absolute atomic E-state index is 0.345. The average molecular weight is 252 g/mol. The van der Waals surface area contributed by atoms with Gasteiger partial charge in [-0.15, -0.1) is 11.6 Å². The molecular formula is C9H12BrClO. The standard InChI is InChI=1S/C9H12BrClO/c10-8-4-1-2-5-9(8)12-7-3-6-11/h1-2,5,8H,3-4,6-7H2. The van der Waals surface area contributed by atoms with Gasteiger partial charge in [-0.05, 0) is 18.9 Å². The summed E-state index contributed by atoms with van der Waals surface area (Å²) in [5.41, 5.74) is 0. The van der Waals surface area contributed by atoms with Crippen LogP contribution in [0.15, 0.2) is 24.0 Å². The van der Waals surface area contributed by atoms with E-state index in [1.54, 1.807) is 0 Å². The van der Waals surface area contributed by atoms with E-state index in [4.69, 9.17) is 16.3 Å². The quantitative estimate of drug-likeness (QED) is 0.551. The Kier molecular flexibility index (Phi) is 4.77. The Hall–Kier alpha value is 0.0500. The maximum atomic E-state index is 5.53. The van der Waals surface area contributed by atoms with Crippen LogP contribution in [0.4, 0.5) is 0 Å². The molecule has 0 aromatic heterocycles. The number of hydrogen-bond acceptors (Lipinski definition) is 1. The van der Waals surface area contributed by atoms with Crippen molar-refractivity contribution in [3.05, 3.63) is 24.0 Å². The SMILES string of the molecule is ClCCCOC1=CC=CCC1Br. The van der Waals surface area contributed by atoms with Crippen molar-refractivity contribution in [2.45, 2.75) is 17.7 Å². The van der Waals surface area contributed by atoms with Gasteiger partial charge in [0.1, 0.15) is 5.76 Å². The highest BCUT2D eigenvalue weighted by Gasteiger charge is 2.11. The second-order valence-corrected chi connectivity index (χ2v) is 4.07. The molecule has 0 bridgehead atoms. The van der Waals surface area contributed by atoms with Crippen LogP contribution in [0.25, 0.3) is 0 Å². The number of rotatable bonds is 4. The molecule has 3 heteroatoms. The highest BCUT2D eigenvalue weighted by Crippen LogP contribution is 2.21. The van der Waals surface area contributed by atoms with Gasteiger partial charge in [0.2, 0.25) is 0 Å². The summed E-state index contributed by atoms with van der Waals surface area (Å²) in [5, 5.41) is 0.